The maximum absolute atomic E-state index is 4.29. The van der Waals surface area contributed by atoms with E-state index in [1.165, 1.54) is 19.6 Å². The van der Waals surface area contributed by atoms with Gasteiger partial charge in [0.05, 0.1) is 11.4 Å². The molecule has 3 heteroatoms. The van der Waals surface area contributed by atoms with Crippen LogP contribution in [0.3, 0.4) is 0 Å². The van der Waals surface area contributed by atoms with Crippen LogP contribution in [0.2, 0.25) is 0 Å². The number of pyridine rings is 2. The van der Waals surface area contributed by atoms with E-state index >= 15 is 0 Å². The molecule has 0 bridgehead atoms. The summed E-state index contributed by atoms with van der Waals surface area (Å²) in [6.45, 7) is 12.2. The summed E-state index contributed by atoms with van der Waals surface area (Å²) in [5.74, 6) is 0. The van der Waals surface area contributed by atoms with Crippen LogP contribution in [0.25, 0.3) is 11.4 Å². The number of nitrogens with zero attached hydrogens (tertiary/aromatic N) is 3. The maximum Gasteiger partial charge on any atom is 0.0915 e. The van der Waals surface area contributed by atoms with Crippen LogP contribution in [0.4, 0.5) is 0 Å². The Morgan fingerprint density at radius 1 is 0.850 bits per heavy atom. The number of hydrogen-bond donors (Lipinski definition) is 0. The Bertz CT molecular complexity index is 473. The van der Waals surface area contributed by atoms with Crippen LogP contribution < -0.4 is 0 Å². The van der Waals surface area contributed by atoms with E-state index in [-0.39, 0.29) is 0 Å². The van der Waals surface area contributed by atoms with Crippen molar-refractivity contribution < 1.29 is 0 Å². The molecule has 0 unspecified atom stereocenters. The highest BCUT2D eigenvalue weighted by atomic mass is 15.1. The standard InChI is InChI=1S/C11H10N2.C6H15N/c1-9-5-4-8-13-11(9)10-6-2-3-7-12-10;1-4-7(5-2)6-3/h2-8H,1H3;4-6H2,1-3H3. The average Bonchev–Trinajstić information content (AvgIpc) is 2.51. The molecule has 0 aliphatic carbocycles. The van der Waals surface area contributed by atoms with E-state index in [4.69, 9.17) is 0 Å². The van der Waals surface area contributed by atoms with Crippen LogP contribution in [0, 0.1) is 6.92 Å². The third-order valence-corrected chi connectivity index (χ3v) is 3.26. The van der Waals surface area contributed by atoms with Crippen LogP contribution in [-0.2, 0) is 0 Å². The molecule has 0 aliphatic heterocycles. The Kier molecular flexibility index (Phi) is 7.51. The summed E-state index contributed by atoms with van der Waals surface area (Å²) < 4.78 is 0. The van der Waals surface area contributed by atoms with Gasteiger partial charge < -0.3 is 4.90 Å². The first-order valence-electron chi connectivity index (χ1n) is 7.28. The fourth-order valence-electron chi connectivity index (χ4n) is 1.93. The second-order valence-corrected chi connectivity index (χ2v) is 4.50. The lowest BCUT2D eigenvalue weighted by Crippen LogP contribution is -2.21. The molecule has 0 saturated carbocycles. The van der Waals surface area contributed by atoms with Crippen molar-refractivity contribution in [3.63, 3.8) is 0 Å². The Hall–Kier alpha value is -1.74. The molecular weight excluding hydrogens is 246 g/mol. The molecule has 0 aromatic carbocycles. The molecular formula is C17H25N3. The van der Waals surface area contributed by atoms with Crippen LogP contribution in [0.5, 0.6) is 0 Å². The summed E-state index contributed by atoms with van der Waals surface area (Å²) >= 11 is 0. The predicted molar refractivity (Wildman–Crippen MR) is 85.7 cm³/mol. The van der Waals surface area contributed by atoms with Gasteiger partial charge in [0.15, 0.2) is 0 Å². The zero-order chi connectivity index (χ0) is 14.8. The van der Waals surface area contributed by atoms with Crippen LogP contribution in [-0.4, -0.2) is 34.5 Å². The maximum atomic E-state index is 4.29. The van der Waals surface area contributed by atoms with Crippen molar-refractivity contribution in [1.82, 2.24) is 14.9 Å². The molecule has 0 saturated heterocycles. The highest BCUT2D eigenvalue weighted by Crippen LogP contribution is 2.16. The van der Waals surface area contributed by atoms with E-state index in [1.807, 2.05) is 37.3 Å². The summed E-state index contributed by atoms with van der Waals surface area (Å²) in [6.07, 6.45) is 3.57. The van der Waals surface area contributed by atoms with Crippen molar-refractivity contribution >= 4 is 0 Å². The molecule has 2 aromatic rings. The zero-order valence-corrected chi connectivity index (χ0v) is 13.0. The molecule has 0 fully saturated rings. The predicted octanol–water partition coefficient (Wildman–Crippen LogP) is 3.80. The van der Waals surface area contributed by atoms with Crippen LogP contribution in [0.1, 0.15) is 26.3 Å². The fraction of sp³-hybridized carbons (Fsp3) is 0.412. The van der Waals surface area contributed by atoms with Crippen molar-refractivity contribution in [3.8, 4) is 11.4 Å². The molecule has 20 heavy (non-hydrogen) atoms. The number of aryl methyl sites for hydroxylation is 1. The Labute approximate surface area is 122 Å². The van der Waals surface area contributed by atoms with Gasteiger partial charge in [-0.05, 0) is 50.3 Å². The minimum atomic E-state index is 0.931. The van der Waals surface area contributed by atoms with Gasteiger partial charge in [-0.1, -0.05) is 32.9 Å². The topological polar surface area (TPSA) is 29.0 Å². The van der Waals surface area contributed by atoms with Crippen LogP contribution in [0.15, 0.2) is 42.7 Å². The summed E-state index contributed by atoms with van der Waals surface area (Å²) in [5, 5.41) is 0. The molecule has 2 heterocycles. The second kappa shape index (κ2) is 9.21. The van der Waals surface area contributed by atoms with Crippen molar-refractivity contribution in [2.45, 2.75) is 27.7 Å². The molecule has 0 radical (unpaired) electrons. The minimum Gasteiger partial charge on any atom is -0.304 e. The van der Waals surface area contributed by atoms with Gasteiger partial charge in [0, 0.05) is 12.4 Å². The molecule has 3 nitrogen and oxygen atoms in total. The molecule has 2 rings (SSSR count). The van der Waals surface area contributed by atoms with Gasteiger partial charge in [-0.3, -0.25) is 9.97 Å². The van der Waals surface area contributed by atoms with Gasteiger partial charge in [0.1, 0.15) is 0 Å². The lowest BCUT2D eigenvalue weighted by Gasteiger charge is -2.13. The normalized spacial score (nSPS) is 10.1. The third-order valence-electron chi connectivity index (χ3n) is 3.26. The van der Waals surface area contributed by atoms with E-state index in [2.05, 4.69) is 35.6 Å². The SMILES string of the molecule is CCN(CC)CC.Cc1cccnc1-c1ccccn1. The van der Waals surface area contributed by atoms with Crippen molar-refractivity contribution in [2.75, 3.05) is 19.6 Å². The largest absolute Gasteiger partial charge is 0.304 e. The zero-order valence-electron chi connectivity index (χ0n) is 13.0. The first-order valence-corrected chi connectivity index (χ1v) is 7.28. The van der Waals surface area contributed by atoms with Gasteiger partial charge in [-0.2, -0.15) is 0 Å². The third kappa shape index (κ3) is 5.10. The summed E-state index contributed by atoms with van der Waals surface area (Å²) in [5.41, 5.74) is 3.05. The van der Waals surface area contributed by atoms with Crippen LogP contribution >= 0.6 is 0 Å². The Balaban J connectivity index is 0.000000246. The highest BCUT2D eigenvalue weighted by molar-refractivity contribution is 5.57. The summed E-state index contributed by atoms with van der Waals surface area (Å²) in [4.78, 5) is 10.9. The van der Waals surface area contributed by atoms with Gasteiger partial charge in [-0.15, -0.1) is 0 Å². The molecule has 0 aliphatic rings. The Morgan fingerprint density at radius 2 is 1.50 bits per heavy atom. The van der Waals surface area contributed by atoms with Gasteiger partial charge >= 0.3 is 0 Å². The van der Waals surface area contributed by atoms with Gasteiger partial charge in [0.2, 0.25) is 0 Å². The second-order valence-electron chi connectivity index (χ2n) is 4.50. The minimum absolute atomic E-state index is 0.931. The lowest BCUT2D eigenvalue weighted by molar-refractivity contribution is 0.321. The molecule has 0 spiro atoms. The number of hydrogen-bond acceptors (Lipinski definition) is 3. The first-order chi connectivity index (χ1) is 9.72. The van der Waals surface area contributed by atoms with E-state index in [1.54, 1.807) is 12.4 Å². The lowest BCUT2D eigenvalue weighted by atomic mass is 10.1. The van der Waals surface area contributed by atoms with Crippen molar-refractivity contribution in [3.05, 3.63) is 48.3 Å². The average molecular weight is 271 g/mol. The molecule has 0 N–H and O–H groups in total. The van der Waals surface area contributed by atoms with E-state index in [0.29, 0.717) is 0 Å². The molecule has 0 atom stereocenters. The van der Waals surface area contributed by atoms with Gasteiger partial charge in [-0.25, -0.2) is 0 Å². The number of aromatic nitrogens is 2. The van der Waals surface area contributed by atoms with Gasteiger partial charge in [0.25, 0.3) is 0 Å². The smallest absolute Gasteiger partial charge is 0.0915 e. The molecule has 108 valence electrons. The van der Waals surface area contributed by atoms with E-state index in [9.17, 15) is 0 Å². The number of rotatable bonds is 4. The van der Waals surface area contributed by atoms with Crippen molar-refractivity contribution in [1.29, 1.82) is 0 Å². The van der Waals surface area contributed by atoms with E-state index < -0.39 is 0 Å². The fourth-order valence-corrected chi connectivity index (χ4v) is 1.93. The van der Waals surface area contributed by atoms with E-state index in [0.717, 1.165) is 17.0 Å². The summed E-state index contributed by atoms with van der Waals surface area (Å²) in [7, 11) is 0. The molecule has 2 aromatic heterocycles. The first kappa shape index (κ1) is 16.3. The summed E-state index contributed by atoms with van der Waals surface area (Å²) in [6, 6.07) is 9.81. The Morgan fingerprint density at radius 3 is 1.95 bits per heavy atom. The quantitative estimate of drug-likeness (QED) is 0.847. The monoisotopic (exact) mass is 271 g/mol. The molecule has 0 amide bonds. The van der Waals surface area contributed by atoms with Crippen molar-refractivity contribution in [2.24, 2.45) is 0 Å². The highest BCUT2D eigenvalue weighted by Gasteiger charge is 2.01.